The molecule has 4 heteroatoms. The van der Waals surface area contributed by atoms with Gasteiger partial charge in [-0.15, -0.1) is 11.3 Å². The molecule has 2 nitrogen and oxygen atoms in total. The van der Waals surface area contributed by atoms with Crippen LogP contribution in [0.1, 0.15) is 29.0 Å². The Bertz CT molecular complexity index is 592. The molecule has 0 saturated carbocycles. The van der Waals surface area contributed by atoms with E-state index in [1.54, 1.807) is 17.4 Å². The van der Waals surface area contributed by atoms with E-state index < -0.39 is 0 Å². The largest absolute Gasteiger partial charge is 0.364 e. The maximum Gasteiger partial charge on any atom is 0.146 e. The van der Waals surface area contributed by atoms with E-state index in [-0.39, 0.29) is 11.9 Å². The van der Waals surface area contributed by atoms with Crippen molar-refractivity contribution in [3.63, 3.8) is 0 Å². The van der Waals surface area contributed by atoms with Gasteiger partial charge in [0.1, 0.15) is 5.82 Å². The first-order valence-corrected chi connectivity index (χ1v) is 7.39. The van der Waals surface area contributed by atoms with Crippen molar-refractivity contribution in [3.05, 3.63) is 51.5 Å². The van der Waals surface area contributed by atoms with Crippen molar-refractivity contribution in [2.24, 2.45) is 5.73 Å². The van der Waals surface area contributed by atoms with Crippen molar-refractivity contribution >= 4 is 17.0 Å². The fraction of sp³-hybridized carbons (Fsp3) is 0.333. The Morgan fingerprint density at radius 1 is 1.37 bits per heavy atom. The molecular formula is C15H17FN2S. The molecule has 2 heterocycles. The van der Waals surface area contributed by atoms with Gasteiger partial charge in [-0.3, -0.25) is 0 Å². The second-order valence-electron chi connectivity index (χ2n) is 5.01. The second-order valence-corrected chi connectivity index (χ2v) is 6.01. The van der Waals surface area contributed by atoms with E-state index in [2.05, 4.69) is 16.3 Å². The first kappa shape index (κ1) is 12.6. The summed E-state index contributed by atoms with van der Waals surface area (Å²) in [6, 6.07) is 7.15. The molecule has 3 rings (SSSR count). The van der Waals surface area contributed by atoms with E-state index in [0.29, 0.717) is 5.69 Å². The molecule has 1 unspecified atom stereocenters. The molecule has 0 fully saturated rings. The maximum absolute atomic E-state index is 14.2. The van der Waals surface area contributed by atoms with Crippen molar-refractivity contribution in [2.45, 2.75) is 25.9 Å². The van der Waals surface area contributed by atoms with Gasteiger partial charge >= 0.3 is 0 Å². The van der Waals surface area contributed by atoms with Gasteiger partial charge in [-0.1, -0.05) is 12.1 Å². The number of rotatable bonds is 2. The first-order valence-electron chi connectivity index (χ1n) is 6.51. The molecule has 1 aliphatic heterocycles. The van der Waals surface area contributed by atoms with Crippen molar-refractivity contribution < 1.29 is 4.39 Å². The van der Waals surface area contributed by atoms with Crippen LogP contribution in [0.5, 0.6) is 0 Å². The van der Waals surface area contributed by atoms with Gasteiger partial charge in [0.25, 0.3) is 0 Å². The van der Waals surface area contributed by atoms with Crippen molar-refractivity contribution in [1.29, 1.82) is 0 Å². The van der Waals surface area contributed by atoms with Gasteiger partial charge in [0.05, 0.1) is 5.69 Å². The minimum absolute atomic E-state index is 0.158. The second kappa shape index (κ2) is 4.94. The molecule has 1 atom stereocenters. The third-order valence-electron chi connectivity index (χ3n) is 3.63. The summed E-state index contributed by atoms with van der Waals surface area (Å²) in [7, 11) is 0. The number of nitrogens with two attached hydrogens (primary N) is 1. The number of hydrogen-bond acceptors (Lipinski definition) is 3. The average molecular weight is 276 g/mol. The molecule has 1 aliphatic rings. The molecule has 1 aromatic heterocycles. The monoisotopic (exact) mass is 276 g/mol. The maximum atomic E-state index is 14.2. The Morgan fingerprint density at radius 3 is 3.00 bits per heavy atom. The molecule has 19 heavy (non-hydrogen) atoms. The molecule has 2 N–H and O–H groups in total. The van der Waals surface area contributed by atoms with Crippen LogP contribution in [0.2, 0.25) is 0 Å². The van der Waals surface area contributed by atoms with Crippen LogP contribution in [-0.4, -0.2) is 6.54 Å². The topological polar surface area (TPSA) is 29.3 Å². The van der Waals surface area contributed by atoms with Crippen molar-refractivity contribution in [3.8, 4) is 0 Å². The predicted octanol–water partition coefficient (Wildman–Crippen LogP) is 3.47. The first-order chi connectivity index (χ1) is 9.16. The summed E-state index contributed by atoms with van der Waals surface area (Å²) in [5.41, 5.74) is 8.85. The third kappa shape index (κ3) is 2.26. The summed E-state index contributed by atoms with van der Waals surface area (Å²) >= 11 is 1.79. The van der Waals surface area contributed by atoms with E-state index in [1.807, 2.05) is 13.0 Å². The summed E-state index contributed by atoms with van der Waals surface area (Å²) < 4.78 is 14.2. The Morgan fingerprint density at radius 2 is 2.21 bits per heavy atom. The van der Waals surface area contributed by atoms with Gasteiger partial charge in [-0.05, 0) is 42.0 Å². The van der Waals surface area contributed by atoms with E-state index in [9.17, 15) is 4.39 Å². The zero-order chi connectivity index (χ0) is 13.4. The standard InChI is InChI=1S/C15H17FN2S/c1-10(17)12-3-2-4-13(16)15(12)18-7-5-14-11(9-18)6-8-19-14/h2-4,6,8,10H,5,7,9,17H2,1H3. The predicted molar refractivity (Wildman–Crippen MR) is 78.1 cm³/mol. The summed E-state index contributed by atoms with van der Waals surface area (Å²) in [6.45, 7) is 3.53. The number of halogens is 1. The van der Waals surface area contributed by atoms with Crippen molar-refractivity contribution in [2.75, 3.05) is 11.4 Å². The van der Waals surface area contributed by atoms with Gasteiger partial charge in [0, 0.05) is 24.0 Å². The lowest BCUT2D eigenvalue weighted by molar-refractivity contribution is 0.604. The highest BCUT2D eigenvalue weighted by atomic mass is 32.1. The Kier molecular flexibility index (Phi) is 3.29. The summed E-state index contributed by atoms with van der Waals surface area (Å²) in [4.78, 5) is 3.54. The summed E-state index contributed by atoms with van der Waals surface area (Å²) in [5.74, 6) is -0.173. The molecule has 2 aromatic rings. The molecule has 0 radical (unpaired) electrons. The molecule has 0 amide bonds. The Labute approximate surface area is 116 Å². The number of thiophene rings is 1. The minimum atomic E-state index is -0.173. The highest BCUT2D eigenvalue weighted by molar-refractivity contribution is 7.10. The van der Waals surface area contributed by atoms with Crippen LogP contribution in [-0.2, 0) is 13.0 Å². The lowest BCUT2D eigenvalue weighted by atomic mass is 10.0. The summed E-state index contributed by atoms with van der Waals surface area (Å²) in [5, 5.41) is 2.11. The van der Waals surface area contributed by atoms with Gasteiger partial charge in [-0.25, -0.2) is 4.39 Å². The number of nitrogens with zero attached hydrogens (tertiary/aromatic N) is 1. The molecule has 0 aliphatic carbocycles. The molecule has 0 saturated heterocycles. The fourth-order valence-corrected chi connectivity index (χ4v) is 3.56. The van der Waals surface area contributed by atoms with E-state index in [4.69, 9.17) is 5.73 Å². The normalized spacial score (nSPS) is 16.3. The van der Waals surface area contributed by atoms with Crippen LogP contribution in [0, 0.1) is 5.82 Å². The number of anilines is 1. The number of hydrogen-bond donors (Lipinski definition) is 1. The van der Waals surface area contributed by atoms with Gasteiger partial charge in [-0.2, -0.15) is 0 Å². The van der Waals surface area contributed by atoms with E-state index in [0.717, 1.165) is 25.1 Å². The zero-order valence-electron chi connectivity index (χ0n) is 10.9. The summed E-state index contributed by atoms with van der Waals surface area (Å²) in [6.07, 6.45) is 0.986. The molecule has 100 valence electrons. The number of benzene rings is 1. The van der Waals surface area contributed by atoms with Crippen LogP contribution < -0.4 is 10.6 Å². The Balaban J connectivity index is 2.00. The molecule has 0 spiro atoms. The zero-order valence-corrected chi connectivity index (χ0v) is 11.7. The van der Waals surface area contributed by atoms with Crippen LogP contribution in [0.3, 0.4) is 0 Å². The highest BCUT2D eigenvalue weighted by Gasteiger charge is 2.23. The SMILES string of the molecule is CC(N)c1cccc(F)c1N1CCc2sccc2C1. The quantitative estimate of drug-likeness (QED) is 0.910. The molecule has 1 aromatic carbocycles. The van der Waals surface area contributed by atoms with Gasteiger partial charge in [0.15, 0.2) is 0 Å². The van der Waals surface area contributed by atoms with Crippen LogP contribution in [0.4, 0.5) is 10.1 Å². The lowest BCUT2D eigenvalue weighted by Crippen LogP contribution is -2.31. The smallest absolute Gasteiger partial charge is 0.146 e. The van der Waals surface area contributed by atoms with Gasteiger partial charge < -0.3 is 10.6 Å². The minimum Gasteiger partial charge on any atom is -0.364 e. The fourth-order valence-electron chi connectivity index (χ4n) is 2.67. The molecule has 0 bridgehead atoms. The molecular weight excluding hydrogens is 259 g/mol. The lowest BCUT2D eigenvalue weighted by Gasteiger charge is -2.31. The van der Waals surface area contributed by atoms with Crippen LogP contribution in [0.15, 0.2) is 29.6 Å². The average Bonchev–Trinajstić information content (AvgIpc) is 2.85. The van der Waals surface area contributed by atoms with E-state index >= 15 is 0 Å². The number of fused-ring (bicyclic) bond motifs is 1. The highest BCUT2D eigenvalue weighted by Crippen LogP contribution is 2.33. The number of para-hydroxylation sites is 1. The van der Waals surface area contributed by atoms with Gasteiger partial charge in [0.2, 0.25) is 0 Å². The van der Waals surface area contributed by atoms with Crippen LogP contribution in [0.25, 0.3) is 0 Å². The van der Waals surface area contributed by atoms with Crippen LogP contribution >= 0.6 is 11.3 Å². The third-order valence-corrected chi connectivity index (χ3v) is 4.66. The Hall–Kier alpha value is -1.39. The van der Waals surface area contributed by atoms with E-state index in [1.165, 1.54) is 16.5 Å². The van der Waals surface area contributed by atoms with Crippen molar-refractivity contribution in [1.82, 2.24) is 0 Å².